The van der Waals surface area contributed by atoms with E-state index in [2.05, 4.69) is 6.92 Å². The predicted octanol–water partition coefficient (Wildman–Crippen LogP) is 2.11. The van der Waals surface area contributed by atoms with E-state index in [-0.39, 0.29) is 0 Å². The molecule has 0 saturated carbocycles. The van der Waals surface area contributed by atoms with Crippen LogP contribution >= 0.6 is 0 Å². The molecule has 0 saturated heterocycles. The number of primary amides is 1. The quantitative estimate of drug-likeness (QED) is 0.763. The Morgan fingerprint density at radius 1 is 1.30 bits per heavy atom. The van der Waals surface area contributed by atoms with Crippen molar-refractivity contribution >= 4 is 17.6 Å². The van der Waals surface area contributed by atoms with Crippen LogP contribution in [0.1, 0.15) is 37.0 Å². The number of nitrogens with two attached hydrogens (primary N) is 1. The van der Waals surface area contributed by atoms with Crippen molar-refractivity contribution in [2.24, 2.45) is 11.7 Å². The molecule has 0 aliphatic carbocycles. The molecule has 1 aromatic rings. The van der Waals surface area contributed by atoms with E-state index in [1.807, 2.05) is 17.0 Å². The fourth-order valence-corrected chi connectivity index (χ4v) is 1.92. The van der Waals surface area contributed by atoms with Crippen molar-refractivity contribution in [3.8, 4) is 0 Å². The van der Waals surface area contributed by atoms with Crippen LogP contribution in [0.15, 0.2) is 24.3 Å². The Kier molecular flexibility index (Phi) is 6.03. The molecule has 1 aromatic carbocycles. The van der Waals surface area contributed by atoms with Crippen molar-refractivity contribution in [1.82, 2.24) is 0 Å². The Balaban J connectivity index is 2.86. The van der Waals surface area contributed by atoms with Gasteiger partial charge in [0.05, 0.1) is 5.92 Å². The minimum atomic E-state index is -0.805. The fraction of sp³-hybridized carbons (Fsp3) is 0.467. The van der Waals surface area contributed by atoms with Gasteiger partial charge in [-0.25, -0.2) is 0 Å². The first-order chi connectivity index (χ1) is 9.45. The number of unbranched alkanes of at least 4 members (excludes halogenated alkanes) is 1. The van der Waals surface area contributed by atoms with E-state index in [1.54, 1.807) is 19.1 Å². The van der Waals surface area contributed by atoms with Gasteiger partial charge in [-0.3, -0.25) is 9.59 Å². The van der Waals surface area contributed by atoms with Crippen molar-refractivity contribution in [3.63, 3.8) is 0 Å². The predicted molar refractivity (Wildman–Crippen MR) is 78.9 cm³/mol. The molecular weight excluding hydrogens is 256 g/mol. The van der Waals surface area contributed by atoms with E-state index < -0.39 is 17.8 Å². The van der Waals surface area contributed by atoms with Gasteiger partial charge < -0.3 is 15.7 Å². The highest BCUT2D eigenvalue weighted by atomic mass is 16.4. The smallest absolute Gasteiger partial charge is 0.308 e. The molecule has 1 unspecified atom stereocenters. The maximum absolute atomic E-state index is 11.1. The molecule has 110 valence electrons. The van der Waals surface area contributed by atoms with Gasteiger partial charge in [0.15, 0.2) is 0 Å². The van der Waals surface area contributed by atoms with Crippen LogP contribution in [-0.2, 0) is 4.79 Å². The van der Waals surface area contributed by atoms with Crippen LogP contribution in [0.25, 0.3) is 0 Å². The summed E-state index contributed by atoms with van der Waals surface area (Å²) in [5, 5.41) is 9.03. The molecule has 1 rings (SSSR count). The number of hydrogen-bond acceptors (Lipinski definition) is 3. The Morgan fingerprint density at radius 3 is 2.35 bits per heavy atom. The number of benzene rings is 1. The number of carbonyl (C=O) groups excluding carboxylic acids is 1. The van der Waals surface area contributed by atoms with Crippen LogP contribution in [0.3, 0.4) is 0 Å². The summed E-state index contributed by atoms with van der Waals surface area (Å²) in [6.45, 7) is 5.03. The zero-order valence-electron chi connectivity index (χ0n) is 12.0. The fourth-order valence-electron chi connectivity index (χ4n) is 1.92. The van der Waals surface area contributed by atoms with Crippen LogP contribution in [0, 0.1) is 5.92 Å². The van der Waals surface area contributed by atoms with Gasteiger partial charge in [0.2, 0.25) is 5.91 Å². The third-order valence-electron chi connectivity index (χ3n) is 3.21. The molecule has 1 atom stereocenters. The van der Waals surface area contributed by atoms with Crippen LogP contribution in [-0.4, -0.2) is 30.1 Å². The van der Waals surface area contributed by atoms with Crippen molar-refractivity contribution in [2.75, 3.05) is 18.0 Å². The second-order valence-electron chi connectivity index (χ2n) is 4.95. The number of hydrogen-bond donors (Lipinski definition) is 2. The van der Waals surface area contributed by atoms with E-state index in [9.17, 15) is 9.59 Å². The maximum atomic E-state index is 11.1. The minimum Gasteiger partial charge on any atom is -0.481 e. The molecule has 0 spiro atoms. The van der Waals surface area contributed by atoms with E-state index >= 15 is 0 Å². The van der Waals surface area contributed by atoms with Gasteiger partial charge >= 0.3 is 5.97 Å². The topological polar surface area (TPSA) is 83.6 Å². The van der Waals surface area contributed by atoms with Gasteiger partial charge in [0.1, 0.15) is 0 Å². The van der Waals surface area contributed by atoms with Gasteiger partial charge in [0, 0.05) is 24.3 Å². The zero-order valence-corrected chi connectivity index (χ0v) is 12.0. The summed E-state index contributed by atoms with van der Waals surface area (Å²) in [5.41, 5.74) is 6.58. The van der Waals surface area contributed by atoms with Gasteiger partial charge in [-0.1, -0.05) is 20.3 Å². The summed E-state index contributed by atoms with van der Waals surface area (Å²) < 4.78 is 0. The van der Waals surface area contributed by atoms with Gasteiger partial charge in [-0.2, -0.15) is 0 Å². The summed E-state index contributed by atoms with van der Waals surface area (Å²) >= 11 is 0. The van der Waals surface area contributed by atoms with Crippen molar-refractivity contribution in [2.45, 2.75) is 26.7 Å². The number of carboxylic acids is 1. The molecule has 0 aliphatic heterocycles. The molecule has 0 aromatic heterocycles. The highest BCUT2D eigenvalue weighted by Crippen LogP contribution is 2.18. The van der Waals surface area contributed by atoms with E-state index in [0.717, 1.165) is 25.1 Å². The highest BCUT2D eigenvalue weighted by Gasteiger charge is 2.16. The van der Waals surface area contributed by atoms with Crippen LogP contribution in [0.4, 0.5) is 5.69 Å². The number of rotatable bonds is 8. The van der Waals surface area contributed by atoms with Crippen molar-refractivity contribution in [3.05, 3.63) is 29.8 Å². The second-order valence-corrected chi connectivity index (χ2v) is 4.95. The summed E-state index contributed by atoms with van der Waals surface area (Å²) in [6, 6.07) is 6.96. The summed E-state index contributed by atoms with van der Waals surface area (Å²) in [5.74, 6) is -1.71. The van der Waals surface area contributed by atoms with E-state index in [1.165, 1.54) is 0 Å². The zero-order chi connectivity index (χ0) is 15.1. The van der Waals surface area contributed by atoms with Gasteiger partial charge in [0.25, 0.3) is 0 Å². The minimum absolute atomic E-state index is 0.442. The van der Waals surface area contributed by atoms with E-state index in [0.29, 0.717) is 12.1 Å². The Bertz CT molecular complexity index is 457. The Labute approximate surface area is 119 Å². The molecule has 5 heteroatoms. The average Bonchev–Trinajstić information content (AvgIpc) is 2.43. The third kappa shape index (κ3) is 4.57. The number of amides is 1. The molecule has 20 heavy (non-hydrogen) atoms. The number of aliphatic carboxylic acids is 1. The molecule has 0 aliphatic rings. The lowest BCUT2D eigenvalue weighted by Gasteiger charge is -2.26. The van der Waals surface area contributed by atoms with Crippen LogP contribution in [0.2, 0.25) is 0 Å². The van der Waals surface area contributed by atoms with Gasteiger partial charge in [-0.15, -0.1) is 0 Å². The first-order valence-electron chi connectivity index (χ1n) is 6.83. The Hall–Kier alpha value is -2.04. The molecule has 1 amide bonds. The first-order valence-corrected chi connectivity index (χ1v) is 6.83. The number of nitrogens with zero attached hydrogens (tertiary/aromatic N) is 1. The Morgan fingerprint density at radius 2 is 1.90 bits per heavy atom. The average molecular weight is 278 g/mol. The van der Waals surface area contributed by atoms with Crippen LogP contribution < -0.4 is 10.6 Å². The molecular formula is C15H22N2O3. The molecule has 0 radical (unpaired) electrons. The van der Waals surface area contributed by atoms with E-state index in [4.69, 9.17) is 10.8 Å². The number of anilines is 1. The summed E-state index contributed by atoms with van der Waals surface area (Å²) in [7, 11) is 0. The molecule has 0 fully saturated rings. The first kappa shape index (κ1) is 16.0. The third-order valence-corrected chi connectivity index (χ3v) is 3.21. The lowest BCUT2D eigenvalue weighted by atomic mass is 10.1. The normalized spacial score (nSPS) is 11.9. The summed E-state index contributed by atoms with van der Waals surface area (Å²) in [4.78, 5) is 24.1. The molecule has 3 N–H and O–H groups in total. The maximum Gasteiger partial charge on any atom is 0.308 e. The molecule has 0 bridgehead atoms. The monoisotopic (exact) mass is 278 g/mol. The lowest BCUT2D eigenvalue weighted by Crippen LogP contribution is -2.32. The second kappa shape index (κ2) is 7.53. The lowest BCUT2D eigenvalue weighted by molar-refractivity contribution is -0.140. The van der Waals surface area contributed by atoms with Crippen molar-refractivity contribution < 1.29 is 14.7 Å². The molecule has 5 nitrogen and oxygen atoms in total. The standard InChI is InChI=1S/C15H22N2O3/c1-3-4-9-17(10-11(2)15(19)20)13-7-5-12(6-8-13)14(16)18/h5-8,11H,3-4,9-10H2,1-2H3,(H2,16,18)(H,19,20). The van der Waals surface area contributed by atoms with Crippen LogP contribution in [0.5, 0.6) is 0 Å². The molecule has 0 heterocycles. The largest absolute Gasteiger partial charge is 0.481 e. The SMILES string of the molecule is CCCCN(CC(C)C(=O)O)c1ccc(C(N)=O)cc1. The van der Waals surface area contributed by atoms with Gasteiger partial charge in [-0.05, 0) is 30.7 Å². The highest BCUT2D eigenvalue weighted by molar-refractivity contribution is 5.93. The summed E-state index contributed by atoms with van der Waals surface area (Å²) in [6.07, 6.45) is 2.03. The van der Waals surface area contributed by atoms with Crippen molar-refractivity contribution in [1.29, 1.82) is 0 Å². The number of carbonyl (C=O) groups is 2. The number of carboxylic acid groups (broad SMARTS) is 1.